The van der Waals surface area contributed by atoms with Crippen molar-refractivity contribution in [3.63, 3.8) is 0 Å². The first-order valence-corrected chi connectivity index (χ1v) is 4.46. The highest BCUT2D eigenvalue weighted by Crippen LogP contribution is 2.11. The Morgan fingerprint density at radius 3 is 2.79 bits per heavy atom. The SMILES string of the molecule is CCC(C#N)Nc1cccc(C#N)c1. The summed E-state index contributed by atoms with van der Waals surface area (Å²) in [4.78, 5) is 0. The fourth-order valence-electron chi connectivity index (χ4n) is 1.11. The molecule has 3 heteroatoms. The minimum atomic E-state index is -0.191. The molecular formula is C11H11N3. The zero-order valence-corrected chi connectivity index (χ0v) is 7.99. The van der Waals surface area contributed by atoms with Gasteiger partial charge in [-0.25, -0.2) is 0 Å². The molecule has 0 heterocycles. The number of anilines is 1. The van der Waals surface area contributed by atoms with E-state index >= 15 is 0 Å². The van der Waals surface area contributed by atoms with E-state index in [0.29, 0.717) is 5.56 Å². The van der Waals surface area contributed by atoms with Crippen molar-refractivity contribution in [2.45, 2.75) is 19.4 Å². The van der Waals surface area contributed by atoms with Crippen molar-refractivity contribution in [2.75, 3.05) is 5.32 Å². The first-order chi connectivity index (χ1) is 6.80. The predicted octanol–water partition coefficient (Wildman–Crippen LogP) is 2.27. The third-order valence-electron chi connectivity index (χ3n) is 1.90. The van der Waals surface area contributed by atoms with Crippen LogP contribution in [0.2, 0.25) is 0 Å². The number of nitrogens with one attached hydrogen (secondary N) is 1. The molecular weight excluding hydrogens is 174 g/mol. The Morgan fingerprint density at radius 1 is 1.43 bits per heavy atom. The third kappa shape index (κ3) is 2.50. The summed E-state index contributed by atoms with van der Waals surface area (Å²) in [6, 6.07) is 11.1. The van der Waals surface area contributed by atoms with Gasteiger partial charge in [-0.1, -0.05) is 13.0 Å². The summed E-state index contributed by atoms with van der Waals surface area (Å²) in [5, 5.41) is 20.4. The van der Waals surface area contributed by atoms with E-state index in [2.05, 4.69) is 17.5 Å². The summed E-state index contributed by atoms with van der Waals surface area (Å²) in [7, 11) is 0. The van der Waals surface area contributed by atoms with Crippen molar-refractivity contribution >= 4 is 5.69 Å². The molecule has 1 N–H and O–H groups in total. The quantitative estimate of drug-likeness (QED) is 0.785. The normalized spacial score (nSPS) is 11.1. The van der Waals surface area contributed by atoms with Crippen molar-refractivity contribution in [1.29, 1.82) is 10.5 Å². The lowest BCUT2D eigenvalue weighted by Gasteiger charge is -2.10. The summed E-state index contributed by atoms with van der Waals surface area (Å²) in [5.74, 6) is 0. The predicted molar refractivity (Wildman–Crippen MR) is 54.5 cm³/mol. The van der Waals surface area contributed by atoms with Crippen LogP contribution in [-0.4, -0.2) is 6.04 Å². The maximum Gasteiger partial charge on any atom is 0.114 e. The number of nitrogens with zero attached hydrogens (tertiary/aromatic N) is 2. The molecule has 1 aromatic rings. The van der Waals surface area contributed by atoms with E-state index in [1.54, 1.807) is 18.2 Å². The van der Waals surface area contributed by atoms with Crippen molar-refractivity contribution in [3.05, 3.63) is 29.8 Å². The van der Waals surface area contributed by atoms with Gasteiger partial charge in [0, 0.05) is 5.69 Å². The highest BCUT2D eigenvalue weighted by molar-refractivity contribution is 5.50. The second-order valence-electron chi connectivity index (χ2n) is 2.93. The second kappa shape index (κ2) is 4.89. The lowest BCUT2D eigenvalue weighted by atomic mass is 10.2. The number of nitriles is 2. The van der Waals surface area contributed by atoms with Crippen LogP contribution in [0.4, 0.5) is 5.69 Å². The Kier molecular flexibility index (Phi) is 3.52. The third-order valence-corrected chi connectivity index (χ3v) is 1.90. The molecule has 1 unspecified atom stereocenters. The van der Waals surface area contributed by atoms with Crippen LogP contribution in [-0.2, 0) is 0 Å². The summed E-state index contributed by atoms with van der Waals surface area (Å²) in [5.41, 5.74) is 1.42. The first-order valence-electron chi connectivity index (χ1n) is 4.46. The Hall–Kier alpha value is -2.00. The van der Waals surface area contributed by atoms with Gasteiger partial charge >= 0.3 is 0 Å². The van der Waals surface area contributed by atoms with Crippen molar-refractivity contribution < 1.29 is 0 Å². The van der Waals surface area contributed by atoms with E-state index in [1.807, 2.05) is 13.0 Å². The number of benzene rings is 1. The molecule has 0 saturated carbocycles. The number of hydrogen-bond acceptors (Lipinski definition) is 3. The molecule has 1 aromatic carbocycles. The van der Waals surface area contributed by atoms with Crippen LogP contribution in [0.25, 0.3) is 0 Å². The van der Waals surface area contributed by atoms with Crippen molar-refractivity contribution in [1.82, 2.24) is 0 Å². The minimum Gasteiger partial charge on any atom is -0.370 e. The van der Waals surface area contributed by atoms with Crippen LogP contribution >= 0.6 is 0 Å². The van der Waals surface area contributed by atoms with Crippen LogP contribution in [0, 0.1) is 22.7 Å². The molecule has 70 valence electrons. The monoisotopic (exact) mass is 185 g/mol. The zero-order chi connectivity index (χ0) is 10.4. The average Bonchev–Trinajstić information content (AvgIpc) is 2.26. The van der Waals surface area contributed by atoms with Gasteiger partial charge in [-0.05, 0) is 24.6 Å². The molecule has 0 amide bonds. The van der Waals surface area contributed by atoms with E-state index in [4.69, 9.17) is 10.5 Å². The smallest absolute Gasteiger partial charge is 0.114 e. The first kappa shape index (κ1) is 10.1. The molecule has 0 bridgehead atoms. The van der Waals surface area contributed by atoms with Gasteiger partial charge in [0.1, 0.15) is 6.04 Å². The van der Waals surface area contributed by atoms with Gasteiger partial charge in [0.15, 0.2) is 0 Å². The van der Waals surface area contributed by atoms with Crippen LogP contribution in [0.1, 0.15) is 18.9 Å². The van der Waals surface area contributed by atoms with Gasteiger partial charge in [0.25, 0.3) is 0 Å². The van der Waals surface area contributed by atoms with Gasteiger partial charge < -0.3 is 5.32 Å². The second-order valence-corrected chi connectivity index (χ2v) is 2.93. The molecule has 0 radical (unpaired) electrons. The van der Waals surface area contributed by atoms with E-state index in [-0.39, 0.29) is 6.04 Å². The molecule has 0 aliphatic heterocycles. The van der Waals surface area contributed by atoms with Crippen molar-refractivity contribution in [2.24, 2.45) is 0 Å². The van der Waals surface area contributed by atoms with Crippen molar-refractivity contribution in [3.8, 4) is 12.1 Å². The van der Waals surface area contributed by atoms with Gasteiger partial charge in [-0.2, -0.15) is 10.5 Å². The molecule has 1 rings (SSSR count). The Balaban J connectivity index is 2.78. The van der Waals surface area contributed by atoms with Gasteiger partial charge in [0.05, 0.1) is 17.7 Å². The maximum atomic E-state index is 8.74. The molecule has 0 aromatic heterocycles. The van der Waals surface area contributed by atoms with Crippen LogP contribution in [0.5, 0.6) is 0 Å². The Morgan fingerprint density at radius 2 is 2.21 bits per heavy atom. The highest BCUT2D eigenvalue weighted by atomic mass is 14.9. The summed E-state index contributed by atoms with van der Waals surface area (Å²) in [6.45, 7) is 1.94. The van der Waals surface area contributed by atoms with Gasteiger partial charge in [-0.15, -0.1) is 0 Å². The zero-order valence-electron chi connectivity index (χ0n) is 7.99. The van der Waals surface area contributed by atoms with Gasteiger partial charge in [-0.3, -0.25) is 0 Å². The van der Waals surface area contributed by atoms with Crippen LogP contribution < -0.4 is 5.32 Å². The summed E-state index contributed by atoms with van der Waals surface area (Å²) >= 11 is 0. The minimum absolute atomic E-state index is 0.191. The number of hydrogen-bond donors (Lipinski definition) is 1. The molecule has 14 heavy (non-hydrogen) atoms. The Labute approximate surface area is 83.6 Å². The van der Waals surface area contributed by atoms with E-state index < -0.39 is 0 Å². The molecule has 0 aliphatic carbocycles. The summed E-state index contributed by atoms with van der Waals surface area (Å²) < 4.78 is 0. The lowest BCUT2D eigenvalue weighted by molar-refractivity contribution is 0.845. The van der Waals surface area contributed by atoms with E-state index in [1.165, 1.54) is 0 Å². The van der Waals surface area contributed by atoms with E-state index in [0.717, 1.165) is 12.1 Å². The van der Waals surface area contributed by atoms with Crippen LogP contribution in [0.3, 0.4) is 0 Å². The highest BCUT2D eigenvalue weighted by Gasteiger charge is 2.03. The molecule has 0 spiro atoms. The fourth-order valence-corrected chi connectivity index (χ4v) is 1.11. The largest absolute Gasteiger partial charge is 0.370 e. The molecule has 0 fully saturated rings. The molecule has 0 aliphatic rings. The average molecular weight is 185 g/mol. The van der Waals surface area contributed by atoms with Gasteiger partial charge in [0.2, 0.25) is 0 Å². The number of rotatable bonds is 3. The molecule has 1 atom stereocenters. The topological polar surface area (TPSA) is 59.6 Å². The van der Waals surface area contributed by atoms with Crippen LogP contribution in [0.15, 0.2) is 24.3 Å². The standard InChI is InChI=1S/C11H11N3/c1-2-10(8-13)14-11-5-3-4-9(6-11)7-12/h3-6,10,14H,2H2,1H3. The molecule has 3 nitrogen and oxygen atoms in total. The fraction of sp³-hybridized carbons (Fsp3) is 0.273. The maximum absolute atomic E-state index is 8.74. The molecule has 0 saturated heterocycles. The Bertz CT molecular complexity index is 384. The van der Waals surface area contributed by atoms with E-state index in [9.17, 15) is 0 Å². The lowest BCUT2D eigenvalue weighted by Crippen LogP contribution is -2.15. The summed E-state index contributed by atoms with van der Waals surface area (Å²) in [6.07, 6.45) is 0.743.